The van der Waals surface area contributed by atoms with E-state index in [0.717, 1.165) is 35.9 Å². The number of rotatable bonds is 2. The predicted molar refractivity (Wildman–Crippen MR) is 74.2 cm³/mol. The van der Waals surface area contributed by atoms with Crippen molar-refractivity contribution in [2.45, 2.75) is 25.5 Å². The number of piperazine rings is 1. The molecule has 3 rings (SSSR count). The molecule has 1 aromatic rings. The van der Waals surface area contributed by atoms with Crippen molar-refractivity contribution >= 4 is 17.3 Å². The summed E-state index contributed by atoms with van der Waals surface area (Å²) in [6.45, 7) is 4.55. The highest BCUT2D eigenvalue weighted by Gasteiger charge is 2.31. The number of hydrogen-bond acceptors (Lipinski definition) is 3. The van der Waals surface area contributed by atoms with Gasteiger partial charge >= 0.3 is 0 Å². The molecule has 0 spiro atoms. The molecule has 0 aliphatic carbocycles. The molecule has 2 aliphatic rings. The molecule has 2 saturated heterocycles. The Morgan fingerprint density at radius 1 is 1.28 bits per heavy atom. The summed E-state index contributed by atoms with van der Waals surface area (Å²) in [5.74, 6) is 0. The molecule has 2 fully saturated rings. The minimum Gasteiger partial charge on any atom is -0.392 e. The minimum atomic E-state index is 0.0807. The summed E-state index contributed by atoms with van der Waals surface area (Å²) in [6, 6.07) is 6.45. The highest BCUT2D eigenvalue weighted by molar-refractivity contribution is 6.30. The van der Waals surface area contributed by atoms with Gasteiger partial charge in [0.05, 0.1) is 6.61 Å². The Bertz CT molecular complexity index is 438. The highest BCUT2D eigenvalue weighted by atomic mass is 35.5. The molecule has 3 nitrogen and oxygen atoms in total. The largest absolute Gasteiger partial charge is 0.392 e. The molecule has 0 aromatic heterocycles. The smallest absolute Gasteiger partial charge is 0.0702 e. The van der Waals surface area contributed by atoms with E-state index in [1.54, 1.807) is 0 Å². The van der Waals surface area contributed by atoms with Gasteiger partial charge in [0.25, 0.3) is 0 Å². The Hall–Kier alpha value is -0.770. The summed E-state index contributed by atoms with van der Waals surface area (Å²) in [5, 5.41) is 10.2. The molecule has 1 N–H and O–H groups in total. The first-order valence-corrected chi connectivity index (χ1v) is 7.04. The summed E-state index contributed by atoms with van der Waals surface area (Å²) < 4.78 is 0. The monoisotopic (exact) mass is 266 g/mol. The van der Waals surface area contributed by atoms with E-state index in [1.807, 2.05) is 18.2 Å². The third kappa shape index (κ3) is 2.22. The first-order valence-electron chi connectivity index (χ1n) is 6.66. The van der Waals surface area contributed by atoms with Crippen LogP contribution in [-0.2, 0) is 6.61 Å². The molecule has 2 aliphatic heterocycles. The van der Waals surface area contributed by atoms with Gasteiger partial charge in [-0.1, -0.05) is 17.7 Å². The van der Waals surface area contributed by atoms with Crippen LogP contribution in [0.4, 0.5) is 5.69 Å². The van der Waals surface area contributed by atoms with Crippen LogP contribution < -0.4 is 4.90 Å². The van der Waals surface area contributed by atoms with E-state index in [4.69, 9.17) is 11.6 Å². The third-order valence-corrected chi connectivity index (χ3v) is 4.38. The summed E-state index contributed by atoms with van der Waals surface area (Å²) in [5.41, 5.74) is 2.09. The lowest BCUT2D eigenvalue weighted by atomic mass is 10.1. The van der Waals surface area contributed by atoms with Crippen LogP contribution in [0.15, 0.2) is 18.2 Å². The Morgan fingerprint density at radius 2 is 2.17 bits per heavy atom. The van der Waals surface area contributed by atoms with E-state index in [9.17, 15) is 5.11 Å². The number of aliphatic hydroxyl groups is 1. The van der Waals surface area contributed by atoms with E-state index < -0.39 is 0 Å². The molecule has 1 unspecified atom stereocenters. The maximum Gasteiger partial charge on any atom is 0.0702 e. The fourth-order valence-corrected chi connectivity index (χ4v) is 3.34. The molecule has 0 bridgehead atoms. The van der Waals surface area contributed by atoms with Gasteiger partial charge in [-0.15, -0.1) is 0 Å². The van der Waals surface area contributed by atoms with Crippen LogP contribution >= 0.6 is 11.6 Å². The zero-order chi connectivity index (χ0) is 12.5. The van der Waals surface area contributed by atoms with Gasteiger partial charge in [0.1, 0.15) is 0 Å². The van der Waals surface area contributed by atoms with E-state index in [2.05, 4.69) is 9.80 Å². The average molecular weight is 267 g/mol. The van der Waals surface area contributed by atoms with Crippen molar-refractivity contribution in [3.63, 3.8) is 0 Å². The fourth-order valence-electron chi connectivity index (χ4n) is 3.18. The van der Waals surface area contributed by atoms with Crippen molar-refractivity contribution in [2.75, 3.05) is 31.1 Å². The van der Waals surface area contributed by atoms with Gasteiger partial charge < -0.3 is 10.0 Å². The number of halogens is 1. The average Bonchev–Trinajstić information content (AvgIpc) is 2.85. The zero-order valence-corrected chi connectivity index (χ0v) is 11.2. The number of fused-ring (bicyclic) bond motifs is 1. The molecular weight excluding hydrogens is 248 g/mol. The van der Waals surface area contributed by atoms with Crippen molar-refractivity contribution in [1.82, 2.24) is 4.90 Å². The predicted octanol–water partition coefficient (Wildman–Crippen LogP) is 2.12. The maximum absolute atomic E-state index is 9.45. The molecular formula is C14H19ClN2O. The Kier molecular flexibility index (Phi) is 3.46. The van der Waals surface area contributed by atoms with Crippen molar-refractivity contribution in [3.8, 4) is 0 Å². The van der Waals surface area contributed by atoms with Crippen LogP contribution in [0.25, 0.3) is 0 Å². The molecule has 2 heterocycles. The van der Waals surface area contributed by atoms with Gasteiger partial charge in [-0.05, 0) is 31.5 Å². The first-order chi connectivity index (χ1) is 8.78. The summed E-state index contributed by atoms with van der Waals surface area (Å²) in [6.07, 6.45) is 2.62. The number of anilines is 1. The normalized spacial score (nSPS) is 24.3. The number of aliphatic hydroxyl groups excluding tert-OH is 1. The van der Waals surface area contributed by atoms with E-state index in [-0.39, 0.29) is 6.61 Å². The van der Waals surface area contributed by atoms with Gasteiger partial charge in [-0.2, -0.15) is 0 Å². The van der Waals surface area contributed by atoms with Gasteiger partial charge in [0, 0.05) is 41.9 Å². The molecule has 0 saturated carbocycles. The third-order valence-electron chi connectivity index (χ3n) is 4.15. The second kappa shape index (κ2) is 5.08. The first kappa shape index (κ1) is 12.3. The van der Waals surface area contributed by atoms with Gasteiger partial charge in [0.15, 0.2) is 0 Å². The molecule has 18 heavy (non-hydrogen) atoms. The Labute approximate surface area is 113 Å². The fraction of sp³-hybridized carbons (Fsp3) is 0.571. The second-order valence-corrected chi connectivity index (χ2v) is 5.65. The van der Waals surface area contributed by atoms with E-state index in [0.29, 0.717) is 6.04 Å². The standard InChI is InChI=1S/C14H19ClN2O/c15-12-4-3-11(10-18)14(8-12)17-7-6-16-5-1-2-13(16)9-17/h3-4,8,13,18H,1-2,5-7,9-10H2. The van der Waals surface area contributed by atoms with Crippen molar-refractivity contribution < 1.29 is 5.11 Å². The van der Waals surface area contributed by atoms with Crippen molar-refractivity contribution in [1.29, 1.82) is 0 Å². The van der Waals surface area contributed by atoms with Crippen LogP contribution in [0.1, 0.15) is 18.4 Å². The van der Waals surface area contributed by atoms with E-state index >= 15 is 0 Å². The van der Waals surface area contributed by atoms with Crippen molar-refractivity contribution in [3.05, 3.63) is 28.8 Å². The number of hydrogen-bond donors (Lipinski definition) is 1. The Balaban J connectivity index is 1.84. The lowest BCUT2D eigenvalue weighted by Crippen LogP contribution is -2.50. The van der Waals surface area contributed by atoms with Crippen LogP contribution in [0.5, 0.6) is 0 Å². The minimum absolute atomic E-state index is 0.0807. The lowest BCUT2D eigenvalue weighted by molar-refractivity contribution is 0.230. The number of benzene rings is 1. The van der Waals surface area contributed by atoms with Crippen LogP contribution in [0.2, 0.25) is 5.02 Å². The van der Waals surface area contributed by atoms with Gasteiger partial charge in [-0.3, -0.25) is 4.90 Å². The molecule has 0 radical (unpaired) electrons. The topological polar surface area (TPSA) is 26.7 Å². The SMILES string of the molecule is OCc1ccc(Cl)cc1N1CCN2CCCC2C1. The second-order valence-electron chi connectivity index (χ2n) is 5.21. The van der Waals surface area contributed by atoms with E-state index in [1.165, 1.54) is 19.4 Å². The van der Waals surface area contributed by atoms with Gasteiger partial charge in [-0.25, -0.2) is 0 Å². The van der Waals surface area contributed by atoms with Crippen LogP contribution in [0.3, 0.4) is 0 Å². The summed E-state index contributed by atoms with van der Waals surface area (Å²) in [7, 11) is 0. The molecule has 0 amide bonds. The lowest BCUT2D eigenvalue weighted by Gasteiger charge is -2.39. The van der Waals surface area contributed by atoms with Crippen LogP contribution in [-0.4, -0.2) is 42.2 Å². The summed E-state index contributed by atoms with van der Waals surface area (Å²) in [4.78, 5) is 4.96. The quantitative estimate of drug-likeness (QED) is 0.888. The van der Waals surface area contributed by atoms with Crippen molar-refractivity contribution in [2.24, 2.45) is 0 Å². The highest BCUT2D eigenvalue weighted by Crippen LogP contribution is 2.29. The Morgan fingerprint density at radius 3 is 3.00 bits per heavy atom. The van der Waals surface area contributed by atoms with Crippen LogP contribution in [0, 0.1) is 0 Å². The maximum atomic E-state index is 9.45. The summed E-state index contributed by atoms with van der Waals surface area (Å²) >= 11 is 6.09. The number of nitrogens with zero attached hydrogens (tertiary/aromatic N) is 2. The molecule has 98 valence electrons. The molecule has 4 heteroatoms. The molecule has 1 atom stereocenters. The van der Waals surface area contributed by atoms with Gasteiger partial charge in [0.2, 0.25) is 0 Å². The zero-order valence-electron chi connectivity index (χ0n) is 10.5. The molecule has 1 aromatic carbocycles.